The largest absolute Gasteiger partial charge is 0.351 e. The van der Waals surface area contributed by atoms with Crippen LogP contribution in [0.5, 0.6) is 0 Å². The SMILES string of the molecule is NC1CCC(C(=O)NC2CNCCC2c2ccc(F)c(F)c2)C1. The molecule has 6 heteroatoms. The highest BCUT2D eigenvalue weighted by atomic mass is 19.2. The first-order chi connectivity index (χ1) is 11.0. The molecule has 4 unspecified atom stereocenters. The first kappa shape index (κ1) is 16.3. The number of benzene rings is 1. The van der Waals surface area contributed by atoms with Crippen molar-refractivity contribution in [2.75, 3.05) is 13.1 Å². The molecule has 1 amide bonds. The van der Waals surface area contributed by atoms with Crippen molar-refractivity contribution >= 4 is 5.91 Å². The van der Waals surface area contributed by atoms with Crippen molar-refractivity contribution in [1.29, 1.82) is 0 Å². The van der Waals surface area contributed by atoms with Crippen molar-refractivity contribution in [2.24, 2.45) is 11.7 Å². The standard InChI is InChI=1S/C17H23F2N3O/c18-14-4-2-10(8-15(14)19)13-5-6-21-9-16(13)22-17(23)11-1-3-12(20)7-11/h2,4,8,11-13,16,21H,1,3,5-7,9,20H2,(H,22,23). The highest BCUT2D eigenvalue weighted by molar-refractivity contribution is 5.79. The van der Waals surface area contributed by atoms with Crippen LogP contribution >= 0.6 is 0 Å². The molecule has 1 aliphatic carbocycles. The van der Waals surface area contributed by atoms with Gasteiger partial charge < -0.3 is 16.4 Å². The number of hydrogen-bond donors (Lipinski definition) is 3. The predicted octanol–water partition coefficient (Wildman–Crippen LogP) is 1.65. The average Bonchev–Trinajstić information content (AvgIpc) is 2.97. The van der Waals surface area contributed by atoms with E-state index in [1.54, 1.807) is 6.07 Å². The van der Waals surface area contributed by atoms with Crippen LogP contribution in [0.3, 0.4) is 0 Å². The van der Waals surface area contributed by atoms with Crippen LogP contribution in [0.25, 0.3) is 0 Å². The van der Waals surface area contributed by atoms with E-state index in [-0.39, 0.29) is 29.8 Å². The molecule has 4 N–H and O–H groups in total. The molecule has 1 saturated carbocycles. The lowest BCUT2D eigenvalue weighted by molar-refractivity contribution is -0.125. The highest BCUT2D eigenvalue weighted by Crippen LogP contribution is 2.29. The van der Waals surface area contributed by atoms with Gasteiger partial charge in [0.05, 0.1) is 0 Å². The summed E-state index contributed by atoms with van der Waals surface area (Å²) in [6.07, 6.45) is 3.21. The quantitative estimate of drug-likeness (QED) is 0.792. The van der Waals surface area contributed by atoms with Crippen LogP contribution in [-0.4, -0.2) is 31.1 Å². The molecule has 1 aromatic rings. The van der Waals surface area contributed by atoms with Gasteiger partial charge in [-0.3, -0.25) is 4.79 Å². The van der Waals surface area contributed by atoms with E-state index < -0.39 is 11.6 Å². The van der Waals surface area contributed by atoms with Gasteiger partial charge in [-0.1, -0.05) is 6.07 Å². The summed E-state index contributed by atoms with van der Waals surface area (Å²) in [6.45, 7) is 1.43. The van der Waals surface area contributed by atoms with Gasteiger partial charge in [0.15, 0.2) is 11.6 Å². The Hall–Kier alpha value is -1.53. The Balaban J connectivity index is 1.71. The Morgan fingerprint density at radius 1 is 1.22 bits per heavy atom. The van der Waals surface area contributed by atoms with Crippen LogP contribution in [0.1, 0.15) is 37.2 Å². The second kappa shape index (κ2) is 6.93. The second-order valence-corrected chi connectivity index (χ2v) is 6.66. The Labute approximate surface area is 134 Å². The van der Waals surface area contributed by atoms with Crippen LogP contribution in [0.2, 0.25) is 0 Å². The summed E-state index contributed by atoms with van der Waals surface area (Å²) in [5.74, 6) is -1.70. The molecule has 2 fully saturated rings. The van der Waals surface area contributed by atoms with Crippen molar-refractivity contribution in [3.63, 3.8) is 0 Å². The number of nitrogens with one attached hydrogen (secondary N) is 2. The maximum atomic E-state index is 13.5. The molecule has 1 aromatic carbocycles. The van der Waals surface area contributed by atoms with Gasteiger partial charge in [-0.05, 0) is 49.9 Å². The van der Waals surface area contributed by atoms with E-state index in [4.69, 9.17) is 5.73 Å². The molecule has 1 heterocycles. The molecule has 23 heavy (non-hydrogen) atoms. The molecule has 0 spiro atoms. The lowest BCUT2D eigenvalue weighted by Gasteiger charge is -2.34. The van der Waals surface area contributed by atoms with Gasteiger partial charge in [-0.15, -0.1) is 0 Å². The molecule has 0 aromatic heterocycles. The summed E-state index contributed by atoms with van der Waals surface area (Å²) < 4.78 is 26.7. The number of carbonyl (C=O) groups is 1. The highest BCUT2D eigenvalue weighted by Gasteiger charge is 2.33. The minimum atomic E-state index is -0.844. The Kier molecular flexibility index (Phi) is 4.92. The van der Waals surface area contributed by atoms with E-state index in [0.29, 0.717) is 6.54 Å². The van der Waals surface area contributed by atoms with E-state index in [2.05, 4.69) is 10.6 Å². The van der Waals surface area contributed by atoms with Crippen LogP contribution in [-0.2, 0) is 4.79 Å². The van der Waals surface area contributed by atoms with E-state index >= 15 is 0 Å². The molecule has 2 aliphatic rings. The van der Waals surface area contributed by atoms with Crippen LogP contribution in [0.4, 0.5) is 8.78 Å². The van der Waals surface area contributed by atoms with Gasteiger partial charge in [0.2, 0.25) is 5.91 Å². The Morgan fingerprint density at radius 2 is 2.04 bits per heavy atom. The van der Waals surface area contributed by atoms with Crippen molar-refractivity contribution in [3.8, 4) is 0 Å². The van der Waals surface area contributed by atoms with Gasteiger partial charge in [0.25, 0.3) is 0 Å². The minimum absolute atomic E-state index is 0.00891. The monoisotopic (exact) mass is 323 g/mol. The molecule has 4 nitrogen and oxygen atoms in total. The van der Waals surface area contributed by atoms with Crippen LogP contribution in [0, 0.1) is 17.6 Å². The zero-order valence-electron chi connectivity index (χ0n) is 13.0. The number of piperidine rings is 1. The van der Waals surface area contributed by atoms with Crippen molar-refractivity contribution in [2.45, 2.75) is 43.7 Å². The van der Waals surface area contributed by atoms with Crippen LogP contribution in [0.15, 0.2) is 18.2 Å². The van der Waals surface area contributed by atoms with Gasteiger partial charge in [-0.2, -0.15) is 0 Å². The number of carbonyl (C=O) groups excluding carboxylic acids is 1. The maximum Gasteiger partial charge on any atom is 0.223 e. The van der Waals surface area contributed by atoms with Gasteiger partial charge >= 0.3 is 0 Å². The zero-order chi connectivity index (χ0) is 16.4. The molecular formula is C17H23F2N3O. The van der Waals surface area contributed by atoms with E-state index in [1.165, 1.54) is 6.07 Å². The normalized spacial score (nSPS) is 31.1. The average molecular weight is 323 g/mol. The summed E-state index contributed by atoms with van der Waals surface area (Å²) in [5, 5.41) is 6.35. The third-order valence-electron chi connectivity index (χ3n) is 5.03. The van der Waals surface area contributed by atoms with Gasteiger partial charge in [0.1, 0.15) is 0 Å². The first-order valence-corrected chi connectivity index (χ1v) is 8.26. The molecule has 1 aliphatic heterocycles. The molecule has 1 saturated heterocycles. The van der Waals surface area contributed by atoms with E-state index in [0.717, 1.165) is 43.9 Å². The second-order valence-electron chi connectivity index (χ2n) is 6.66. The maximum absolute atomic E-state index is 13.5. The van der Waals surface area contributed by atoms with Gasteiger partial charge in [-0.25, -0.2) is 8.78 Å². The lowest BCUT2D eigenvalue weighted by Crippen LogP contribution is -2.51. The molecule has 4 atom stereocenters. The van der Waals surface area contributed by atoms with Crippen molar-refractivity contribution < 1.29 is 13.6 Å². The third-order valence-corrected chi connectivity index (χ3v) is 5.03. The number of amides is 1. The topological polar surface area (TPSA) is 67.2 Å². The zero-order valence-corrected chi connectivity index (χ0v) is 13.0. The number of nitrogens with two attached hydrogens (primary N) is 1. The lowest BCUT2D eigenvalue weighted by atomic mass is 9.85. The Morgan fingerprint density at radius 3 is 2.74 bits per heavy atom. The van der Waals surface area contributed by atoms with E-state index in [1.807, 2.05) is 0 Å². The van der Waals surface area contributed by atoms with Gasteiger partial charge in [0, 0.05) is 30.5 Å². The molecule has 3 rings (SSSR count). The van der Waals surface area contributed by atoms with Crippen molar-refractivity contribution in [1.82, 2.24) is 10.6 Å². The molecule has 0 bridgehead atoms. The number of hydrogen-bond acceptors (Lipinski definition) is 3. The summed E-state index contributed by atoms with van der Waals surface area (Å²) in [5.41, 5.74) is 6.61. The predicted molar refractivity (Wildman–Crippen MR) is 83.8 cm³/mol. The first-order valence-electron chi connectivity index (χ1n) is 8.26. The fourth-order valence-corrected chi connectivity index (χ4v) is 3.71. The smallest absolute Gasteiger partial charge is 0.223 e. The fourth-order valence-electron chi connectivity index (χ4n) is 3.71. The summed E-state index contributed by atoms with van der Waals surface area (Å²) in [4.78, 5) is 12.4. The number of rotatable bonds is 3. The molecule has 0 radical (unpaired) electrons. The summed E-state index contributed by atoms with van der Waals surface area (Å²) in [7, 11) is 0. The third kappa shape index (κ3) is 3.70. The van der Waals surface area contributed by atoms with Crippen LogP contribution < -0.4 is 16.4 Å². The van der Waals surface area contributed by atoms with E-state index in [9.17, 15) is 13.6 Å². The number of halogens is 2. The minimum Gasteiger partial charge on any atom is -0.351 e. The molecular weight excluding hydrogens is 300 g/mol. The molecule has 126 valence electrons. The summed E-state index contributed by atoms with van der Waals surface area (Å²) in [6, 6.07) is 4.01. The fraction of sp³-hybridized carbons (Fsp3) is 0.588. The summed E-state index contributed by atoms with van der Waals surface area (Å²) >= 11 is 0. The Bertz CT molecular complexity index is 581. The van der Waals surface area contributed by atoms with Crippen molar-refractivity contribution in [3.05, 3.63) is 35.4 Å².